The topological polar surface area (TPSA) is 41.0 Å². The van der Waals surface area contributed by atoms with Gasteiger partial charge in [-0.25, -0.2) is 9.97 Å². The molecule has 1 heterocycles. The molecule has 0 saturated heterocycles. The first kappa shape index (κ1) is 24.8. The van der Waals surface area contributed by atoms with Crippen molar-refractivity contribution in [1.29, 1.82) is 0 Å². The molecule has 1 unspecified atom stereocenters. The highest BCUT2D eigenvalue weighted by molar-refractivity contribution is 6.42. The molecule has 170 valence electrons. The Morgan fingerprint density at radius 2 is 1.75 bits per heavy atom. The van der Waals surface area contributed by atoms with Crippen LogP contribution in [0.5, 0.6) is 0 Å². The molecule has 0 aliphatic heterocycles. The molecule has 0 amide bonds. The number of fused-ring (bicyclic) bond motifs is 1. The van der Waals surface area contributed by atoms with E-state index in [0.717, 1.165) is 54.8 Å². The van der Waals surface area contributed by atoms with Gasteiger partial charge in [-0.05, 0) is 81.4 Å². The van der Waals surface area contributed by atoms with Gasteiger partial charge in [-0.15, -0.1) is 0 Å². The minimum Gasteiger partial charge on any atom is -0.367 e. The highest BCUT2D eigenvalue weighted by Crippen LogP contribution is 2.26. The first-order chi connectivity index (χ1) is 15.4. The van der Waals surface area contributed by atoms with Gasteiger partial charge in [0, 0.05) is 16.5 Å². The van der Waals surface area contributed by atoms with Gasteiger partial charge in [-0.3, -0.25) is 0 Å². The predicted molar refractivity (Wildman–Crippen MR) is 140 cm³/mol. The third-order valence-electron chi connectivity index (χ3n) is 5.43. The molecule has 0 radical (unpaired) electrons. The van der Waals surface area contributed by atoms with Crippen molar-refractivity contribution < 1.29 is 0 Å². The first-order valence-electron chi connectivity index (χ1n) is 11.0. The first-order valence-corrected chi connectivity index (χ1v) is 12.1. The van der Waals surface area contributed by atoms with E-state index in [9.17, 15) is 0 Å². The van der Waals surface area contributed by atoms with E-state index in [4.69, 9.17) is 39.8 Å². The maximum atomic E-state index is 6.23. The molecule has 2 aromatic carbocycles. The van der Waals surface area contributed by atoms with Crippen molar-refractivity contribution in [2.45, 2.75) is 39.7 Å². The zero-order valence-electron chi connectivity index (χ0n) is 18.7. The summed E-state index contributed by atoms with van der Waals surface area (Å²) in [6.45, 7) is 9.88. The van der Waals surface area contributed by atoms with Gasteiger partial charge in [0.25, 0.3) is 0 Å². The van der Waals surface area contributed by atoms with Crippen LogP contribution in [0, 0.1) is 0 Å². The van der Waals surface area contributed by atoms with Crippen LogP contribution >= 0.6 is 34.8 Å². The van der Waals surface area contributed by atoms with E-state index in [0.29, 0.717) is 20.9 Å². The molecule has 3 aromatic rings. The number of hydrogen-bond donors (Lipinski definition) is 1. The lowest BCUT2D eigenvalue weighted by Crippen LogP contribution is -2.25. The number of rotatable bonds is 10. The normalized spacial score (nSPS) is 12.7. The fraction of sp³-hybridized carbons (Fsp3) is 0.360. The van der Waals surface area contributed by atoms with Crippen molar-refractivity contribution in [3.05, 3.63) is 62.9 Å². The average Bonchev–Trinajstić information content (AvgIpc) is 2.77. The van der Waals surface area contributed by atoms with E-state index >= 15 is 0 Å². The van der Waals surface area contributed by atoms with Crippen LogP contribution in [-0.2, 0) is 0 Å². The monoisotopic (exact) mass is 490 g/mol. The van der Waals surface area contributed by atoms with Crippen molar-refractivity contribution in [3.8, 4) is 0 Å². The van der Waals surface area contributed by atoms with Crippen molar-refractivity contribution in [2.24, 2.45) is 0 Å². The third-order valence-corrected chi connectivity index (χ3v) is 6.41. The zero-order valence-corrected chi connectivity index (χ0v) is 21.0. The van der Waals surface area contributed by atoms with E-state index in [1.807, 2.05) is 42.5 Å². The fourth-order valence-electron chi connectivity index (χ4n) is 3.56. The summed E-state index contributed by atoms with van der Waals surface area (Å²) in [5.41, 5.74) is 1.73. The lowest BCUT2D eigenvalue weighted by molar-refractivity contribution is 0.295. The van der Waals surface area contributed by atoms with Gasteiger partial charge in [-0.1, -0.05) is 60.8 Å². The van der Waals surface area contributed by atoms with Crippen molar-refractivity contribution in [3.63, 3.8) is 0 Å². The van der Waals surface area contributed by atoms with Gasteiger partial charge in [-0.2, -0.15) is 0 Å². The number of aromatic nitrogens is 2. The Balaban J connectivity index is 1.81. The Labute approximate surface area is 205 Å². The van der Waals surface area contributed by atoms with Crippen molar-refractivity contribution >= 4 is 63.7 Å². The lowest BCUT2D eigenvalue weighted by atomic mass is 10.1. The summed E-state index contributed by atoms with van der Waals surface area (Å²) in [6.07, 6.45) is 5.99. The second-order valence-electron chi connectivity index (χ2n) is 7.81. The van der Waals surface area contributed by atoms with Crippen LogP contribution < -0.4 is 5.32 Å². The molecule has 32 heavy (non-hydrogen) atoms. The van der Waals surface area contributed by atoms with Gasteiger partial charge < -0.3 is 10.2 Å². The third kappa shape index (κ3) is 6.82. The van der Waals surface area contributed by atoms with E-state index in [2.05, 4.69) is 36.0 Å². The highest BCUT2D eigenvalue weighted by atomic mass is 35.5. The Kier molecular flexibility index (Phi) is 9.18. The Morgan fingerprint density at radius 1 is 0.969 bits per heavy atom. The molecule has 0 bridgehead atoms. The largest absolute Gasteiger partial charge is 0.367 e. The zero-order chi connectivity index (χ0) is 23.1. The molecule has 7 heteroatoms. The number of anilines is 1. The molecule has 1 N–H and O–H groups in total. The molecule has 0 aliphatic carbocycles. The van der Waals surface area contributed by atoms with Gasteiger partial charge in [0.2, 0.25) is 0 Å². The maximum Gasteiger partial charge on any atom is 0.154 e. The van der Waals surface area contributed by atoms with E-state index in [1.165, 1.54) is 0 Å². The maximum absolute atomic E-state index is 6.23. The Hall–Kier alpha value is -1.85. The standard InChI is InChI=1S/C25H29Cl3N4/c1-4-32(5-2)14-6-7-17(3)29-25-20-11-10-19(26)16-23(20)30-24(31-25)13-9-18-8-12-21(27)22(28)15-18/h8-13,15-17H,4-7,14H2,1-3H3,(H,29,30,31). The smallest absolute Gasteiger partial charge is 0.154 e. The van der Waals surface area contributed by atoms with Crippen LogP contribution in [-0.4, -0.2) is 40.5 Å². The van der Waals surface area contributed by atoms with Crippen LogP contribution in [0.1, 0.15) is 45.0 Å². The molecule has 3 rings (SSSR count). The number of nitrogens with one attached hydrogen (secondary N) is 1. The van der Waals surface area contributed by atoms with Crippen LogP contribution in [0.3, 0.4) is 0 Å². The second-order valence-corrected chi connectivity index (χ2v) is 9.06. The molecule has 1 atom stereocenters. The number of hydrogen-bond acceptors (Lipinski definition) is 4. The average molecular weight is 492 g/mol. The second kappa shape index (κ2) is 11.9. The van der Waals surface area contributed by atoms with E-state index < -0.39 is 0 Å². The number of benzene rings is 2. The summed E-state index contributed by atoms with van der Waals surface area (Å²) in [7, 11) is 0. The predicted octanol–water partition coefficient (Wildman–Crippen LogP) is 7.68. The quantitative estimate of drug-likeness (QED) is 0.316. The van der Waals surface area contributed by atoms with E-state index in [-0.39, 0.29) is 6.04 Å². The van der Waals surface area contributed by atoms with Crippen LogP contribution in [0.25, 0.3) is 23.1 Å². The van der Waals surface area contributed by atoms with Gasteiger partial charge in [0.1, 0.15) is 5.82 Å². The minimum absolute atomic E-state index is 0.284. The number of halogens is 3. The molecular weight excluding hydrogens is 463 g/mol. The van der Waals surface area contributed by atoms with Gasteiger partial charge in [0.15, 0.2) is 5.82 Å². The highest BCUT2D eigenvalue weighted by Gasteiger charge is 2.11. The van der Waals surface area contributed by atoms with Crippen molar-refractivity contribution in [2.75, 3.05) is 25.0 Å². The fourth-order valence-corrected chi connectivity index (χ4v) is 4.03. The molecule has 0 saturated carbocycles. The number of nitrogens with zero attached hydrogens (tertiary/aromatic N) is 3. The molecule has 0 spiro atoms. The Morgan fingerprint density at radius 3 is 2.47 bits per heavy atom. The van der Waals surface area contributed by atoms with Crippen LogP contribution in [0.2, 0.25) is 15.1 Å². The summed E-state index contributed by atoms with van der Waals surface area (Å²) in [6, 6.07) is 11.5. The Bertz CT molecular complexity index is 1080. The molecule has 0 fully saturated rings. The summed E-state index contributed by atoms with van der Waals surface area (Å²) in [5, 5.41) is 6.23. The summed E-state index contributed by atoms with van der Waals surface area (Å²) >= 11 is 18.4. The molecule has 1 aromatic heterocycles. The van der Waals surface area contributed by atoms with Gasteiger partial charge in [0.05, 0.1) is 15.6 Å². The SMILES string of the molecule is CCN(CC)CCCC(C)Nc1nc(C=Cc2ccc(Cl)c(Cl)c2)nc2cc(Cl)ccc12. The molecule has 4 nitrogen and oxygen atoms in total. The van der Waals surface area contributed by atoms with Crippen LogP contribution in [0.15, 0.2) is 36.4 Å². The van der Waals surface area contributed by atoms with E-state index in [1.54, 1.807) is 6.07 Å². The summed E-state index contributed by atoms with van der Waals surface area (Å²) < 4.78 is 0. The lowest BCUT2D eigenvalue weighted by Gasteiger charge is -2.20. The minimum atomic E-state index is 0.284. The summed E-state index contributed by atoms with van der Waals surface area (Å²) in [4.78, 5) is 11.9. The molecule has 0 aliphatic rings. The van der Waals surface area contributed by atoms with Crippen LogP contribution in [0.4, 0.5) is 5.82 Å². The molecular formula is C25H29Cl3N4. The summed E-state index contributed by atoms with van der Waals surface area (Å²) in [5.74, 6) is 1.42. The van der Waals surface area contributed by atoms with Crippen molar-refractivity contribution in [1.82, 2.24) is 14.9 Å². The van der Waals surface area contributed by atoms with Gasteiger partial charge >= 0.3 is 0 Å².